The molecule has 28 heavy (non-hydrogen) atoms. The lowest BCUT2D eigenvalue weighted by Gasteiger charge is -2.14. The van der Waals surface area contributed by atoms with Crippen LogP contribution in [-0.2, 0) is 6.54 Å². The second-order valence-corrected chi connectivity index (χ2v) is 6.38. The lowest BCUT2D eigenvalue weighted by atomic mass is 10.2. The minimum atomic E-state index is 0. The van der Waals surface area contributed by atoms with Crippen molar-refractivity contribution in [1.29, 1.82) is 0 Å². The third-order valence-corrected chi connectivity index (χ3v) is 3.54. The van der Waals surface area contributed by atoms with Crippen molar-refractivity contribution < 1.29 is 9.47 Å². The lowest BCUT2D eigenvalue weighted by molar-refractivity contribution is 0.317. The molecule has 0 bridgehead atoms. The standard InChI is InChI=1S/C21H30N4O2.HI/c1-5-14-26-18-9-11-19(12-10-18)27-20-17(8-7-13-23-20)15-24-21(22-6-2)25-16(3)4;/h7-13,16H,5-6,14-15H2,1-4H3,(H2,22,24,25);1H. The van der Waals surface area contributed by atoms with Gasteiger partial charge in [0.1, 0.15) is 11.5 Å². The number of guanidine groups is 1. The third kappa shape index (κ3) is 8.33. The van der Waals surface area contributed by atoms with Crippen molar-refractivity contribution in [1.82, 2.24) is 15.6 Å². The van der Waals surface area contributed by atoms with Crippen LogP contribution >= 0.6 is 24.0 Å². The SMILES string of the molecule is CCCOc1ccc(Oc2ncccc2CN=C(NCC)NC(C)C)cc1.I. The summed E-state index contributed by atoms with van der Waals surface area (Å²) in [4.78, 5) is 9.00. The van der Waals surface area contributed by atoms with Gasteiger partial charge in [0.15, 0.2) is 5.96 Å². The van der Waals surface area contributed by atoms with Gasteiger partial charge in [0, 0.05) is 24.3 Å². The van der Waals surface area contributed by atoms with Crippen LogP contribution in [0.2, 0.25) is 0 Å². The number of ether oxygens (including phenoxy) is 2. The fourth-order valence-electron chi connectivity index (χ4n) is 2.33. The van der Waals surface area contributed by atoms with Gasteiger partial charge >= 0.3 is 0 Å². The highest BCUT2D eigenvalue weighted by Crippen LogP contribution is 2.25. The van der Waals surface area contributed by atoms with Crippen LogP contribution in [0.15, 0.2) is 47.6 Å². The Balaban J connectivity index is 0.00000392. The first-order valence-corrected chi connectivity index (χ1v) is 9.51. The average molecular weight is 498 g/mol. The molecule has 6 nitrogen and oxygen atoms in total. The van der Waals surface area contributed by atoms with Gasteiger partial charge in [-0.2, -0.15) is 0 Å². The minimum absolute atomic E-state index is 0. The average Bonchev–Trinajstić information content (AvgIpc) is 2.66. The first-order chi connectivity index (χ1) is 13.1. The van der Waals surface area contributed by atoms with Gasteiger partial charge in [-0.25, -0.2) is 9.98 Å². The number of pyridine rings is 1. The quantitative estimate of drug-likeness (QED) is 0.297. The molecule has 7 heteroatoms. The number of aliphatic imine (C=N–C) groups is 1. The summed E-state index contributed by atoms with van der Waals surface area (Å²) in [6.07, 6.45) is 2.70. The van der Waals surface area contributed by atoms with Crippen LogP contribution in [0.4, 0.5) is 0 Å². The van der Waals surface area contributed by atoms with Gasteiger partial charge in [0.2, 0.25) is 5.88 Å². The van der Waals surface area contributed by atoms with Crippen LogP contribution in [0.1, 0.15) is 39.7 Å². The molecule has 0 saturated heterocycles. The Labute approximate surface area is 185 Å². The molecule has 0 amide bonds. The number of nitrogens with zero attached hydrogens (tertiary/aromatic N) is 2. The zero-order chi connectivity index (χ0) is 19.5. The smallest absolute Gasteiger partial charge is 0.224 e. The highest BCUT2D eigenvalue weighted by atomic mass is 127. The molecule has 0 aliphatic carbocycles. The predicted octanol–water partition coefficient (Wildman–Crippen LogP) is 4.74. The van der Waals surface area contributed by atoms with Crippen LogP contribution in [0, 0.1) is 0 Å². The zero-order valence-electron chi connectivity index (χ0n) is 17.1. The summed E-state index contributed by atoms with van der Waals surface area (Å²) in [5.74, 6) is 2.89. The van der Waals surface area contributed by atoms with Crippen LogP contribution in [0.3, 0.4) is 0 Å². The maximum absolute atomic E-state index is 5.97. The van der Waals surface area contributed by atoms with Crippen molar-refractivity contribution in [3.05, 3.63) is 48.2 Å². The van der Waals surface area contributed by atoms with Gasteiger partial charge in [-0.3, -0.25) is 0 Å². The van der Waals surface area contributed by atoms with E-state index in [0.29, 0.717) is 25.1 Å². The molecule has 1 heterocycles. The van der Waals surface area contributed by atoms with E-state index in [4.69, 9.17) is 9.47 Å². The van der Waals surface area contributed by atoms with E-state index in [-0.39, 0.29) is 24.0 Å². The van der Waals surface area contributed by atoms with Crippen molar-refractivity contribution >= 4 is 29.9 Å². The number of nitrogens with one attached hydrogen (secondary N) is 2. The Morgan fingerprint density at radius 2 is 1.82 bits per heavy atom. The topological polar surface area (TPSA) is 67.8 Å². The monoisotopic (exact) mass is 498 g/mol. The Kier molecular flexibility index (Phi) is 11.3. The molecule has 0 saturated carbocycles. The maximum atomic E-state index is 5.97. The molecule has 2 rings (SSSR count). The summed E-state index contributed by atoms with van der Waals surface area (Å²) in [7, 11) is 0. The maximum Gasteiger partial charge on any atom is 0.224 e. The molecule has 0 unspecified atom stereocenters. The van der Waals surface area contributed by atoms with Crippen LogP contribution in [0.5, 0.6) is 17.4 Å². The van der Waals surface area contributed by atoms with Gasteiger partial charge in [-0.15, -0.1) is 24.0 Å². The number of hydrogen-bond acceptors (Lipinski definition) is 4. The molecule has 2 N–H and O–H groups in total. The second-order valence-electron chi connectivity index (χ2n) is 6.38. The molecule has 0 aliphatic rings. The van der Waals surface area contributed by atoms with E-state index in [1.807, 2.05) is 43.3 Å². The first-order valence-electron chi connectivity index (χ1n) is 9.51. The first kappa shape index (κ1) is 24.0. The van der Waals surface area contributed by atoms with E-state index in [9.17, 15) is 0 Å². The number of halogens is 1. The van der Waals surface area contributed by atoms with E-state index in [0.717, 1.165) is 36.0 Å². The van der Waals surface area contributed by atoms with E-state index < -0.39 is 0 Å². The Hall–Kier alpha value is -2.03. The van der Waals surface area contributed by atoms with Gasteiger partial charge < -0.3 is 20.1 Å². The molecule has 154 valence electrons. The van der Waals surface area contributed by atoms with Gasteiger partial charge in [0.25, 0.3) is 0 Å². The highest BCUT2D eigenvalue weighted by molar-refractivity contribution is 14.0. The van der Waals surface area contributed by atoms with Crippen molar-refractivity contribution in [2.45, 2.75) is 46.7 Å². The zero-order valence-corrected chi connectivity index (χ0v) is 19.4. The molecular weight excluding hydrogens is 467 g/mol. The van der Waals surface area contributed by atoms with E-state index >= 15 is 0 Å². The molecule has 0 atom stereocenters. The highest BCUT2D eigenvalue weighted by Gasteiger charge is 2.07. The molecule has 0 fully saturated rings. The second kappa shape index (κ2) is 13.2. The summed E-state index contributed by atoms with van der Waals surface area (Å²) >= 11 is 0. The Morgan fingerprint density at radius 3 is 2.46 bits per heavy atom. The molecule has 0 spiro atoms. The molecular formula is C21H31IN4O2. The van der Waals surface area contributed by atoms with Crippen molar-refractivity contribution in [3.8, 4) is 17.4 Å². The van der Waals surface area contributed by atoms with Crippen LogP contribution in [-0.4, -0.2) is 30.1 Å². The summed E-state index contributed by atoms with van der Waals surface area (Å²) in [6, 6.07) is 11.8. The number of rotatable bonds is 9. The summed E-state index contributed by atoms with van der Waals surface area (Å²) in [5, 5.41) is 6.55. The third-order valence-electron chi connectivity index (χ3n) is 3.54. The van der Waals surface area contributed by atoms with E-state index in [2.05, 4.69) is 41.4 Å². The largest absolute Gasteiger partial charge is 0.494 e. The number of hydrogen-bond donors (Lipinski definition) is 2. The predicted molar refractivity (Wildman–Crippen MR) is 125 cm³/mol. The van der Waals surface area contributed by atoms with Crippen molar-refractivity contribution in [3.63, 3.8) is 0 Å². The summed E-state index contributed by atoms with van der Waals surface area (Å²) in [6.45, 7) is 10.3. The van der Waals surface area contributed by atoms with Gasteiger partial charge in [0.05, 0.1) is 13.2 Å². The van der Waals surface area contributed by atoms with Crippen molar-refractivity contribution in [2.24, 2.45) is 4.99 Å². The van der Waals surface area contributed by atoms with Crippen LogP contribution in [0.25, 0.3) is 0 Å². The molecule has 1 aromatic heterocycles. The fourth-order valence-corrected chi connectivity index (χ4v) is 2.33. The molecule has 2 aromatic rings. The van der Waals surface area contributed by atoms with E-state index in [1.54, 1.807) is 6.20 Å². The molecule has 0 radical (unpaired) electrons. The summed E-state index contributed by atoms with van der Waals surface area (Å²) in [5.41, 5.74) is 0.921. The molecule has 1 aromatic carbocycles. The lowest BCUT2D eigenvalue weighted by Crippen LogP contribution is -2.41. The number of benzene rings is 1. The number of aromatic nitrogens is 1. The van der Waals surface area contributed by atoms with Gasteiger partial charge in [-0.1, -0.05) is 13.0 Å². The van der Waals surface area contributed by atoms with Gasteiger partial charge in [-0.05, 0) is 57.5 Å². The Bertz CT molecular complexity index is 721. The van der Waals surface area contributed by atoms with Crippen LogP contribution < -0.4 is 20.1 Å². The fraction of sp³-hybridized carbons (Fsp3) is 0.429. The normalized spacial score (nSPS) is 11.0. The van der Waals surface area contributed by atoms with Crippen molar-refractivity contribution in [2.75, 3.05) is 13.2 Å². The summed E-state index contributed by atoms with van der Waals surface area (Å²) < 4.78 is 11.6. The molecule has 0 aliphatic heterocycles. The van der Waals surface area contributed by atoms with E-state index in [1.165, 1.54) is 0 Å². The minimum Gasteiger partial charge on any atom is -0.494 e. The Morgan fingerprint density at radius 1 is 1.11 bits per heavy atom.